The van der Waals surface area contributed by atoms with Crippen molar-refractivity contribution in [2.75, 3.05) is 13.1 Å². The van der Waals surface area contributed by atoms with Crippen LogP contribution in [0.2, 0.25) is 0 Å². The lowest BCUT2D eigenvalue weighted by molar-refractivity contribution is -0.135. The molecule has 0 radical (unpaired) electrons. The van der Waals surface area contributed by atoms with E-state index >= 15 is 0 Å². The van der Waals surface area contributed by atoms with E-state index in [1.165, 1.54) is 0 Å². The lowest BCUT2D eigenvalue weighted by Gasteiger charge is -2.24. The van der Waals surface area contributed by atoms with Crippen LogP contribution in [0.3, 0.4) is 0 Å². The van der Waals surface area contributed by atoms with Crippen molar-refractivity contribution in [1.29, 1.82) is 0 Å². The zero-order valence-corrected chi connectivity index (χ0v) is 8.92. The first-order valence-electron chi connectivity index (χ1n) is 4.83. The van der Waals surface area contributed by atoms with E-state index in [1.807, 2.05) is 25.7 Å². The van der Waals surface area contributed by atoms with E-state index < -0.39 is 0 Å². The summed E-state index contributed by atoms with van der Waals surface area (Å²) in [7, 11) is 0. The average molecular weight is 171 g/mol. The van der Waals surface area contributed by atoms with Gasteiger partial charge in [-0.25, -0.2) is 0 Å². The van der Waals surface area contributed by atoms with Crippen LogP contribution in [-0.4, -0.2) is 23.9 Å². The molecule has 0 fully saturated rings. The highest BCUT2D eigenvalue weighted by molar-refractivity contribution is 5.78. The van der Waals surface area contributed by atoms with Gasteiger partial charge in [-0.3, -0.25) is 4.79 Å². The third-order valence-corrected chi connectivity index (χ3v) is 2.46. The van der Waals surface area contributed by atoms with E-state index in [-0.39, 0.29) is 11.8 Å². The Balaban J connectivity index is 4.16. The molecular formula is C10H21NO. The Labute approximate surface area is 75.9 Å². The summed E-state index contributed by atoms with van der Waals surface area (Å²) in [5.41, 5.74) is 0. The normalized spacial score (nSPS) is 13.2. The Hall–Kier alpha value is -0.530. The van der Waals surface area contributed by atoms with Gasteiger partial charge in [0.05, 0.1) is 0 Å². The number of carbonyl (C=O) groups excluding carboxylic acids is 1. The molecule has 1 amide bonds. The van der Waals surface area contributed by atoms with Gasteiger partial charge in [0.15, 0.2) is 0 Å². The largest absolute Gasteiger partial charge is 0.343 e. The van der Waals surface area contributed by atoms with Crippen LogP contribution < -0.4 is 0 Å². The Kier molecular flexibility index (Phi) is 4.95. The molecule has 0 aromatic heterocycles. The zero-order valence-electron chi connectivity index (χ0n) is 8.92. The van der Waals surface area contributed by atoms with Crippen LogP contribution in [0.25, 0.3) is 0 Å². The fraction of sp³-hybridized carbons (Fsp3) is 0.900. The van der Waals surface area contributed by atoms with Crippen molar-refractivity contribution in [2.24, 2.45) is 11.8 Å². The molecule has 72 valence electrons. The van der Waals surface area contributed by atoms with Crippen LogP contribution in [0.15, 0.2) is 0 Å². The Morgan fingerprint density at radius 3 is 1.83 bits per heavy atom. The summed E-state index contributed by atoms with van der Waals surface area (Å²) in [6.45, 7) is 11.9. The van der Waals surface area contributed by atoms with Crippen molar-refractivity contribution in [3.05, 3.63) is 0 Å². The summed E-state index contributed by atoms with van der Waals surface area (Å²) < 4.78 is 0. The second-order valence-electron chi connectivity index (χ2n) is 3.54. The molecule has 0 spiro atoms. The monoisotopic (exact) mass is 171 g/mol. The predicted octanol–water partition coefficient (Wildman–Crippen LogP) is 2.15. The van der Waals surface area contributed by atoms with Gasteiger partial charge in [0.25, 0.3) is 0 Å². The van der Waals surface area contributed by atoms with Crippen LogP contribution in [0.5, 0.6) is 0 Å². The van der Waals surface area contributed by atoms with Crippen LogP contribution in [0.1, 0.15) is 34.6 Å². The SMILES string of the molecule is CCN(CC)C(=O)C(C)C(C)C. The summed E-state index contributed by atoms with van der Waals surface area (Å²) in [4.78, 5) is 13.6. The first-order chi connectivity index (χ1) is 5.54. The molecule has 0 saturated carbocycles. The Bertz CT molecular complexity index is 135. The lowest BCUT2D eigenvalue weighted by atomic mass is 9.96. The van der Waals surface area contributed by atoms with Crippen LogP contribution in [0, 0.1) is 11.8 Å². The number of rotatable bonds is 4. The Morgan fingerprint density at radius 1 is 1.17 bits per heavy atom. The highest BCUT2D eigenvalue weighted by atomic mass is 16.2. The van der Waals surface area contributed by atoms with Gasteiger partial charge >= 0.3 is 0 Å². The van der Waals surface area contributed by atoms with Gasteiger partial charge < -0.3 is 4.90 Å². The van der Waals surface area contributed by atoms with Gasteiger partial charge in [0, 0.05) is 19.0 Å². The van der Waals surface area contributed by atoms with E-state index in [2.05, 4.69) is 13.8 Å². The lowest BCUT2D eigenvalue weighted by Crippen LogP contribution is -2.36. The highest BCUT2D eigenvalue weighted by Crippen LogP contribution is 2.12. The molecule has 0 aliphatic heterocycles. The molecule has 1 unspecified atom stereocenters. The summed E-state index contributed by atoms with van der Waals surface area (Å²) in [5, 5.41) is 0. The molecule has 2 nitrogen and oxygen atoms in total. The van der Waals surface area contributed by atoms with E-state index in [4.69, 9.17) is 0 Å². The van der Waals surface area contributed by atoms with Crippen LogP contribution in [0.4, 0.5) is 0 Å². The summed E-state index contributed by atoms with van der Waals surface area (Å²) >= 11 is 0. The Morgan fingerprint density at radius 2 is 1.58 bits per heavy atom. The second kappa shape index (κ2) is 5.18. The molecule has 1 atom stereocenters. The summed E-state index contributed by atoms with van der Waals surface area (Å²) in [6, 6.07) is 0. The van der Waals surface area contributed by atoms with Crippen molar-refractivity contribution < 1.29 is 4.79 Å². The maximum Gasteiger partial charge on any atom is 0.225 e. The van der Waals surface area contributed by atoms with E-state index in [1.54, 1.807) is 0 Å². The zero-order chi connectivity index (χ0) is 9.72. The van der Waals surface area contributed by atoms with Crippen molar-refractivity contribution in [3.63, 3.8) is 0 Å². The first-order valence-corrected chi connectivity index (χ1v) is 4.83. The summed E-state index contributed by atoms with van der Waals surface area (Å²) in [6.07, 6.45) is 0. The molecule has 12 heavy (non-hydrogen) atoms. The number of amides is 1. The van der Waals surface area contributed by atoms with E-state index in [9.17, 15) is 4.79 Å². The van der Waals surface area contributed by atoms with Crippen molar-refractivity contribution in [3.8, 4) is 0 Å². The standard InChI is InChI=1S/C10H21NO/c1-6-11(7-2)10(12)9(5)8(3)4/h8-9H,6-7H2,1-5H3. The maximum absolute atomic E-state index is 11.7. The molecule has 0 saturated heterocycles. The minimum absolute atomic E-state index is 0.157. The number of nitrogens with zero attached hydrogens (tertiary/aromatic N) is 1. The fourth-order valence-electron chi connectivity index (χ4n) is 1.11. The topological polar surface area (TPSA) is 20.3 Å². The molecule has 0 N–H and O–H groups in total. The molecule has 0 aliphatic rings. The van der Waals surface area contributed by atoms with E-state index in [0.29, 0.717) is 5.92 Å². The quantitative estimate of drug-likeness (QED) is 0.634. The number of carbonyl (C=O) groups is 1. The molecule has 0 aromatic rings. The molecule has 0 heterocycles. The molecule has 0 aromatic carbocycles. The summed E-state index contributed by atoms with van der Waals surface area (Å²) in [5.74, 6) is 0.887. The van der Waals surface area contributed by atoms with Crippen molar-refractivity contribution in [1.82, 2.24) is 4.90 Å². The maximum atomic E-state index is 11.7. The van der Waals surface area contributed by atoms with Gasteiger partial charge in [-0.1, -0.05) is 20.8 Å². The minimum atomic E-state index is 0.157. The second-order valence-corrected chi connectivity index (χ2v) is 3.54. The number of hydrogen-bond acceptors (Lipinski definition) is 1. The molecule has 0 bridgehead atoms. The van der Waals surface area contributed by atoms with Gasteiger partial charge in [0.2, 0.25) is 5.91 Å². The third-order valence-electron chi connectivity index (χ3n) is 2.46. The highest BCUT2D eigenvalue weighted by Gasteiger charge is 2.20. The van der Waals surface area contributed by atoms with Gasteiger partial charge in [-0.15, -0.1) is 0 Å². The van der Waals surface area contributed by atoms with Crippen molar-refractivity contribution >= 4 is 5.91 Å². The molecule has 0 rings (SSSR count). The van der Waals surface area contributed by atoms with Gasteiger partial charge in [-0.2, -0.15) is 0 Å². The van der Waals surface area contributed by atoms with Gasteiger partial charge in [-0.05, 0) is 19.8 Å². The van der Waals surface area contributed by atoms with Gasteiger partial charge in [0.1, 0.15) is 0 Å². The average Bonchev–Trinajstić information content (AvgIpc) is 2.05. The predicted molar refractivity (Wildman–Crippen MR) is 51.9 cm³/mol. The van der Waals surface area contributed by atoms with Crippen molar-refractivity contribution in [2.45, 2.75) is 34.6 Å². The van der Waals surface area contributed by atoms with Crippen LogP contribution >= 0.6 is 0 Å². The third kappa shape index (κ3) is 2.84. The minimum Gasteiger partial charge on any atom is -0.343 e. The molecule has 0 aliphatic carbocycles. The van der Waals surface area contributed by atoms with Crippen LogP contribution in [-0.2, 0) is 4.79 Å². The smallest absolute Gasteiger partial charge is 0.225 e. The number of hydrogen-bond donors (Lipinski definition) is 0. The molecular weight excluding hydrogens is 150 g/mol. The first kappa shape index (κ1) is 11.5. The fourth-order valence-corrected chi connectivity index (χ4v) is 1.11. The van der Waals surface area contributed by atoms with E-state index in [0.717, 1.165) is 13.1 Å². The molecule has 2 heteroatoms.